The van der Waals surface area contributed by atoms with Gasteiger partial charge in [-0.3, -0.25) is 0 Å². The zero-order chi connectivity index (χ0) is 14.5. The van der Waals surface area contributed by atoms with E-state index in [4.69, 9.17) is 0 Å². The molecule has 0 aliphatic rings. The lowest BCUT2D eigenvalue weighted by molar-refractivity contribution is 0.626. The van der Waals surface area contributed by atoms with Crippen molar-refractivity contribution in [2.75, 3.05) is 5.32 Å². The van der Waals surface area contributed by atoms with Crippen molar-refractivity contribution < 1.29 is 4.39 Å². The van der Waals surface area contributed by atoms with Gasteiger partial charge in [-0.25, -0.2) is 4.39 Å². The van der Waals surface area contributed by atoms with Crippen molar-refractivity contribution in [2.45, 2.75) is 39.2 Å². The molecular weight excluding hydrogens is 249 g/mol. The summed E-state index contributed by atoms with van der Waals surface area (Å²) in [5.74, 6) is 0.374. The predicted octanol–water partition coefficient (Wildman–Crippen LogP) is 4.99. The first-order chi connectivity index (χ1) is 9.54. The fraction of sp³-hybridized carbons (Fsp3) is 0.333. The van der Waals surface area contributed by atoms with Gasteiger partial charge in [-0.1, -0.05) is 38.1 Å². The molecule has 0 fully saturated rings. The van der Waals surface area contributed by atoms with Gasteiger partial charge in [-0.2, -0.15) is 0 Å². The molecule has 0 radical (unpaired) electrons. The molecule has 0 aromatic heterocycles. The van der Waals surface area contributed by atoms with Gasteiger partial charge in [0.2, 0.25) is 0 Å². The molecule has 0 amide bonds. The van der Waals surface area contributed by atoms with E-state index in [1.807, 2.05) is 12.1 Å². The van der Waals surface area contributed by atoms with Crippen molar-refractivity contribution >= 4 is 5.69 Å². The molecule has 1 nitrogen and oxygen atoms in total. The topological polar surface area (TPSA) is 12.0 Å². The molecule has 0 heterocycles. The van der Waals surface area contributed by atoms with E-state index in [-0.39, 0.29) is 5.82 Å². The van der Waals surface area contributed by atoms with Crippen LogP contribution in [0.4, 0.5) is 10.1 Å². The summed E-state index contributed by atoms with van der Waals surface area (Å²) >= 11 is 0. The van der Waals surface area contributed by atoms with Crippen molar-refractivity contribution in [1.29, 1.82) is 0 Å². The number of nitrogens with one attached hydrogen (secondary N) is 1. The normalized spacial score (nSPS) is 12.4. The smallest absolute Gasteiger partial charge is 0.123 e. The first kappa shape index (κ1) is 14.6. The summed E-state index contributed by atoms with van der Waals surface area (Å²) in [7, 11) is 0. The number of rotatable bonds is 5. The molecule has 2 aromatic rings. The largest absolute Gasteiger partial charge is 0.382 e. The number of hydrogen-bond donors (Lipinski definition) is 1. The highest BCUT2D eigenvalue weighted by atomic mass is 19.1. The Bertz CT molecular complexity index is 528. The maximum absolute atomic E-state index is 12.9. The van der Waals surface area contributed by atoms with E-state index < -0.39 is 0 Å². The second kappa shape index (κ2) is 6.56. The van der Waals surface area contributed by atoms with Gasteiger partial charge in [0, 0.05) is 11.7 Å². The van der Waals surface area contributed by atoms with Crippen molar-refractivity contribution in [3.8, 4) is 0 Å². The Balaban J connectivity index is 1.93. The van der Waals surface area contributed by atoms with Gasteiger partial charge in [-0.05, 0) is 54.7 Å². The van der Waals surface area contributed by atoms with Crippen LogP contribution in [-0.2, 0) is 6.42 Å². The average Bonchev–Trinajstić information content (AvgIpc) is 2.42. The minimum absolute atomic E-state index is 0.182. The third-order valence-corrected chi connectivity index (χ3v) is 3.45. The van der Waals surface area contributed by atoms with Crippen LogP contribution in [0.25, 0.3) is 0 Å². The minimum atomic E-state index is -0.182. The molecule has 0 saturated carbocycles. The third kappa shape index (κ3) is 4.09. The standard InChI is InChI=1S/C18H22FN/c1-13(2)16-6-10-18(11-7-16)20-14(3)12-15-4-8-17(19)9-5-15/h4-11,13-14,20H,12H2,1-3H3. The predicted molar refractivity (Wildman–Crippen MR) is 83.7 cm³/mol. The summed E-state index contributed by atoms with van der Waals surface area (Å²) in [5, 5.41) is 3.48. The zero-order valence-electron chi connectivity index (χ0n) is 12.4. The van der Waals surface area contributed by atoms with Crippen molar-refractivity contribution in [3.63, 3.8) is 0 Å². The van der Waals surface area contributed by atoms with E-state index in [1.165, 1.54) is 17.7 Å². The highest BCUT2D eigenvalue weighted by Gasteiger charge is 2.05. The molecule has 0 aliphatic carbocycles. The highest BCUT2D eigenvalue weighted by molar-refractivity contribution is 5.46. The highest BCUT2D eigenvalue weighted by Crippen LogP contribution is 2.18. The lowest BCUT2D eigenvalue weighted by atomic mass is 10.0. The van der Waals surface area contributed by atoms with E-state index in [0.717, 1.165) is 17.7 Å². The SMILES string of the molecule is CC(Cc1ccc(F)cc1)Nc1ccc(C(C)C)cc1. The molecule has 0 spiro atoms. The van der Waals surface area contributed by atoms with E-state index in [9.17, 15) is 4.39 Å². The van der Waals surface area contributed by atoms with Gasteiger partial charge >= 0.3 is 0 Å². The number of anilines is 1. The van der Waals surface area contributed by atoms with Crippen LogP contribution in [0.3, 0.4) is 0 Å². The molecule has 1 N–H and O–H groups in total. The Hall–Kier alpha value is -1.83. The Labute approximate surface area is 120 Å². The zero-order valence-corrected chi connectivity index (χ0v) is 12.4. The van der Waals surface area contributed by atoms with Gasteiger partial charge in [-0.15, -0.1) is 0 Å². The molecule has 0 aliphatic heterocycles. The van der Waals surface area contributed by atoms with Gasteiger partial charge in [0.25, 0.3) is 0 Å². The van der Waals surface area contributed by atoms with Crippen LogP contribution in [-0.4, -0.2) is 6.04 Å². The quantitative estimate of drug-likeness (QED) is 0.807. The lowest BCUT2D eigenvalue weighted by Gasteiger charge is -2.16. The fourth-order valence-corrected chi connectivity index (χ4v) is 2.27. The second-order valence-electron chi connectivity index (χ2n) is 5.65. The van der Waals surface area contributed by atoms with E-state index in [1.54, 1.807) is 0 Å². The monoisotopic (exact) mass is 271 g/mol. The Morgan fingerprint density at radius 3 is 2.05 bits per heavy atom. The molecule has 0 bridgehead atoms. The van der Waals surface area contributed by atoms with Crippen LogP contribution in [0.5, 0.6) is 0 Å². The maximum Gasteiger partial charge on any atom is 0.123 e. The van der Waals surface area contributed by atoms with Gasteiger partial charge in [0.1, 0.15) is 5.82 Å². The van der Waals surface area contributed by atoms with E-state index in [2.05, 4.69) is 50.4 Å². The van der Waals surface area contributed by atoms with Gasteiger partial charge in [0.05, 0.1) is 0 Å². The van der Waals surface area contributed by atoms with Gasteiger partial charge < -0.3 is 5.32 Å². The van der Waals surface area contributed by atoms with Crippen LogP contribution in [0, 0.1) is 5.82 Å². The molecule has 0 saturated heterocycles. The first-order valence-corrected chi connectivity index (χ1v) is 7.15. The van der Waals surface area contributed by atoms with Gasteiger partial charge in [0.15, 0.2) is 0 Å². The van der Waals surface area contributed by atoms with Crippen LogP contribution in [0.2, 0.25) is 0 Å². The van der Waals surface area contributed by atoms with Crippen LogP contribution >= 0.6 is 0 Å². The average molecular weight is 271 g/mol. The summed E-state index contributed by atoms with van der Waals surface area (Å²) in [6.45, 7) is 6.53. The van der Waals surface area contributed by atoms with Crippen molar-refractivity contribution in [1.82, 2.24) is 0 Å². The van der Waals surface area contributed by atoms with E-state index in [0.29, 0.717) is 12.0 Å². The molecule has 106 valence electrons. The summed E-state index contributed by atoms with van der Waals surface area (Å²) < 4.78 is 12.9. The second-order valence-corrected chi connectivity index (χ2v) is 5.65. The molecule has 2 heteroatoms. The molecule has 20 heavy (non-hydrogen) atoms. The molecule has 1 unspecified atom stereocenters. The molecular formula is C18H22FN. The van der Waals surface area contributed by atoms with Crippen LogP contribution in [0.15, 0.2) is 48.5 Å². The lowest BCUT2D eigenvalue weighted by Crippen LogP contribution is -2.18. The van der Waals surface area contributed by atoms with Crippen molar-refractivity contribution in [2.24, 2.45) is 0 Å². The van der Waals surface area contributed by atoms with Crippen LogP contribution < -0.4 is 5.32 Å². The summed E-state index contributed by atoms with van der Waals surface area (Å²) in [6.07, 6.45) is 0.881. The number of hydrogen-bond acceptors (Lipinski definition) is 1. The third-order valence-electron chi connectivity index (χ3n) is 3.45. The maximum atomic E-state index is 12.9. The molecule has 2 rings (SSSR count). The Morgan fingerprint density at radius 1 is 0.900 bits per heavy atom. The molecule has 2 aromatic carbocycles. The summed E-state index contributed by atoms with van der Waals surface area (Å²) in [5.41, 5.74) is 3.62. The molecule has 1 atom stereocenters. The fourth-order valence-electron chi connectivity index (χ4n) is 2.27. The minimum Gasteiger partial charge on any atom is -0.382 e. The number of halogens is 1. The summed E-state index contributed by atoms with van der Waals surface area (Å²) in [6, 6.07) is 15.6. The Morgan fingerprint density at radius 2 is 1.50 bits per heavy atom. The van der Waals surface area contributed by atoms with Crippen molar-refractivity contribution in [3.05, 3.63) is 65.5 Å². The van der Waals surface area contributed by atoms with E-state index >= 15 is 0 Å². The van der Waals surface area contributed by atoms with Crippen LogP contribution in [0.1, 0.15) is 37.8 Å². The Kier molecular flexibility index (Phi) is 4.78. The summed E-state index contributed by atoms with van der Waals surface area (Å²) in [4.78, 5) is 0. The first-order valence-electron chi connectivity index (χ1n) is 7.15. The number of benzene rings is 2.